The Hall–Kier alpha value is -1.33. The number of hydrogen-bond acceptors (Lipinski definition) is 4. The lowest BCUT2D eigenvalue weighted by atomic mass is 10.3. The number of hydrogen-bond donors (Lipinski definition) is 1. The van der Waals surface area contributed by atoms with Crippen molar-refractivity contribution in [3.63, 3.8) is 0 Å². The molecule has 20 heavy (non-hydrogen) atoms. The van der Waals surface area contributed by atoms with Gasteiger partial charge < -0.3 is 10.2 Å². The average molecular weight is 356 g/mol. The molecule has 0 radical (unpaired) electrons. The van der Waals surface area contributed by atoms with E-state index in [4.69, 9.17) is 11.6 Å². The van der Waals surface area contributed by atoms with Crippen LogP contribution in [0.15, 0.2) is 41.1 Å². The molecule has 0 aliphatic carbocycles. The van der Waals surface area contributed by atoms with Gasteiger partial charge in [-0.25, -0.2) is 9.97 Å². The minimum Gasteiger partial charge on any atom is -0.375 e. The fourth-order valence-electron chi connectivity index (χ4n) is 1.81. The van der Waals surface area contributed by atoms with Crippen LogP contribution >= 0.6 is 27.5 Å². The van der Waals surface area contributed by atoms with Crippen LogP contribution in [-0.4, -0.2) is 30.1 Å². The maximum Gasteiger partial charge on any atom is 0.148 e. The number of nitrogens with zero attached hydrogens (tertiary/aromatic N) is 3. The largest absolute Gasteiger partial charge is 0.375 e. The number of nitrogens with one attached hydrogen (secondary N) is 1. The van der Waals surface area contributed by atoms with Crippen LogP contribution in [0.5, 0.6) is 0 Å². The minimum absolute atomic E-state index is 0.420. The highest BCUT2D eigenvalue weighted by molar-refractivity contribution is 9.10. The summed E-state index contributed by atoms with van der Waals surface area (Å²) < 4.78 is 0.707. The lowest BCUT2D eigenvalue weighted by Gasteiger charge is -2.19. The summed E-state index contributed by atoms with van der Waals surface area (Å²) in [5.74, 6) is 0.729. The van der Waals surface area contributed by atoms with Gasteiger partial charge >= 0.3 is 0 Å². The summed E-state index contributed by atoms with van der Waals surface area (Å²) in [6.07, 6.45) is 2.45. The monoisotopic (exact) mass is 354 g/mol. The summed E-state index contributed by atoms with van der Waals surface area (Å²) in [6, 6.07) is 10.3. The van der Waals surface area contributed by atoms with E-state index in [9.17, 15) is 0 Å². The normalized spacial score (nSPS) is 10.3. The Morgan fingerprint density at radius 1 is 1.25 bits per heavy atom. The zero-order valence-corrected chi connectivity index (χ0v) is 13.5. The van der Waals surface area contributed by atoms with Crippen LogP contribution in [0, 0.1) is 0 Å². The van der Waals surface area contributed by atoms with E-state index in [0.29, 0.717) is 9.63 Å². The lowest BCUT2D eigenvalue weighted by molar-refractivity contribution is 0.813. The van der Waals surface area contributed by atoms with E-state index in [1.165, 1.54) is 12.0 Å². The van der Waals surface area contributed by atoms with Crippen molar-refractivity contribution in [3.8, 4) is 0 Å². The molecular weight excluding hydrogens is 340 g/mol. The van der Waals surface area contributed by atoms with Gasteiger partial charge in [-0.3, -0.25) is 0 Å². The number of para-hydroxylation sites is 1. The molecule has 2 aromatic rings. The minimum atomic E-state index is 0.420. The SMILES string of the molecule is CN(CCCNc1ncnc(Cl)c1Br)c1ccccc1. The topological polar surface area (TPSA) is 41.0 Å². The fraction of sp³-hybridized carbons (Fsp3) is 0.286. The van der Waals surface area contributed by atoms with Gasteiger partial charge in [0, 0.05) is 25.8 Å². The molecule has 0 aliphatic rings. The molecule has 0 spiro atoms. The van der Waals surface area contributed by atoms with Crippen molar-refractivity contribution in [2.75, 3.05) is 30.4 Å². The van der Waals surface area contributed by atoms with E-state index in [1.807, 2.05) is 18.2 Å². The number of halogens is 2. The molecule has 1 heterocycles. The summed E-state index contributed by atoms with van der Waals surface area (Å²) in [7, 11) is 2.09. The first kappa shape index (κ1) is 15.1. The Morgan fingerprint density at radius 2 is 2.00 bits per heavy atom. The molecule has 0 atom stereocenters. The number of rotatable bonds is 6. The van der Waals surface area contributed by atoms with Crippen LogP contribution in [0.2, 0.25) is 5.15 Å². The molecule has 0 amide bonds. The second-order valence-corrected chi connectivity index (χ2v) is 5.52. The molecule has 0 saturated carbocycles. The van der Waals surface area contributed by atoms with Crippen molar-refractivity contribution < 1.29 is 0 Å². The molecule has 1 N–H and O–H groups in total. The van der Waals surface area contributed by atoms with Crippen molar-refractivity contribution in [1.29, 1.82) is 0 Å². The van der Waals surface area contributed by atoms with E-state index >= 15 is 0 Å². The summed E-state index contributed by atoms with van der Waals surface area (Å²) in [4.78, 5) is 10.3. The first-order valence-corrected chi connectivity index (χ1v) is 7.51. The van der Waals surface area contributed by atoms with Gasteiger partial charge in [0.15, 0.2) is 0 Å². The summed E-state index contributed by atoms with van der Waals surface area (Å²) in [5, 5.41) is 3.67. The number of aromatic nitrogens is 2. The van der Waals surface area contributed by atoms with Gasteiger partial charge in [-0.1, -0.05) is 29.8 Å². The molecule has 2 rings (SSSR count). The van der Waals surface area contributed by atoms with E-state index in [0.717, 1.165) is 25.3 Å². The Kier molecular flexibility index (Phi) is 5.61. The van der Waals surface area contributed by atoms with Crippen LogP contribution in [0.4, 0.5) is 11.5 Å². The van der Waals surface area contributed by atoms with Crippen LogP contribution in [0.25, 0.3) is 0 Å². The van der Waals surface area contributed by atoms with E-state index in [2.05, 4.69) is 55.3 Å². The highest BCUT2D eigenvalue weighted by Crippen LogP contribution is 2.25. The maximum absolute atomic E-state index is 5.91. The standard InChI is InChI=1S/C14H16BrClN4/c1-20(11-6-3-2-4-7-11)9-5-8-17-14-12(15)13(16)18-10-19-14/h2-4,6-7,10H,5,8-9H2,1H3,(H,17,18,19). The van der Waals surface area contributed by atoms with Gasteiger partial charge in [-0.05, 0) is 34.5 Å². The number of anilines is 2. The summed E-state index contributed by atoms with van der Waals surface area (Å²) >= 11 is 9.28. The Bertz CT molecular complexity index is 550. The van der Waals surface area contributed by atoms with Gasteiger partial charge in [0.1, 0.15) is 17.3 Å². The van der Waals surface area contributed by atoms with Crippen molar-refractivity contribution in [3.05, 3.63) is 46.3 Å². The fourth-order valence-corrected chi connectivity index (χ4v) is 2.28. The van der Waals surface area contributed by atoms with E-state index in [-0.39, 0.29) is 0 Å². The molecule has 1 aromatic heterocycles. The van der Waals surface area contributed by atoms with Crippen molar-refractivity contribution in [2.24, 2.45) is 0 Å². The average Bonchev–Trinajstić information content (AvgIpc) is 2.48. The highest BCUT2D eigenvalue weighted by Gasteiger charge is 2.06. The zero-order chi connectivity index (χ0) is 14.4. The van der Waals surface area contributed by atoms with Gasteiger partial charge in [0.25, 0.3) is 0 Å². The van der Waals surface area contributed by atoms with Crippen molar-refractivity contribution in [2.45, 2.75) is 6.42 Å². The van der Waals surface area contributed by atoms with Gasteiger partial charge in [-0.2, -0.15) is 0 Å². The molecule has 0 saturated heterocycles. The first-order chi connectivity index (χ1) is 9.68. The van der Waals surface area contributed by atoms with Gasteiger partial charge in [-0.15, -0.1) is 0 Å². The quantitative estimate of drug-likeness (QED) is 0.631. The maximum atomic E-state index is 5.91. The Morgan fingerprint density at radius 3 is 2.75 bits per heavy atom. The van der Waals surface area contributed by atoms with Crippen molar-refractivity contribution >= 4 is 39.0 Å². The Balaban J connectivity index is 1.78. The van der Waals surface area contributed by atoms with E-state index < -0.39 is 0 Å². The smallest absolute Gasteiger partial charge is 0.148 e. The first-order valence-electron chi connectivity index (χ1n) is 6.34. The molecule has 1 aromatic carbocycles. The molecule has 0 fully saturated rings. The third-order valence-electron chi connectivity index (χ3n) is 2.91. The molecule has 6 heteroatoms. The summed E-state index contributed by atoms with van der Waals surface area (Å²) in [6.45, 7) is 1.79. The molecule has 0 aliphatic heterocycles. The molecule has 106 valence electrons. The summed E-state index contributed by atoms with van der Waals surface area (Å²) in [5.41, 5.74) is 1.22. The predicted octanol–water partition coefficient (Wildman–Crippen LogP) is 3.83. The number of benzene rings is 1. The predicted molar refractivity (Wildman–Crippen MR) is 87.6 cm³/mol. The molecule has 4 nitrogen and oxygen atoms in total. The lowest BCUT2D eigenvalue weighted by Crippen LogP contribution is -2.20. The van der Waals surface area contributed by atoms with Gasteiger partial charge in [0.2, 0.25) is 0 Å². The highest BCUT2D eigenvalue weighted by atomic mass is 79.9. The van der Waals surface area contributed by atoms with Crippen LogP contribution in [-0.2, 0) is 0 Å². The third-order valence-corrected chi connectivity index (χ3v) is 4.17. The van der Waals surface area contributed by atoms with Crippen molar-refractivity contribution in [1.82, 2.24) is 9.97 Å². The van der Waals surface area contributed by atoms with E-state index in [1.54, 1.807) is 0 Å². The second kappa shape index (κ2) is 7.45. The van der Waals surface area contributed by atoms with Crippen LogP contribution in [0.1, 0.15) is 6.42 Å². The van der Waals surface area contributed by atoms with Crippen LogP contribution in [0.3, 0.4) is 0 Å². The zero-order valence-electron chi connectivity index (χ0n) is 11.2. The molecule has 0 bridgehead atoms. The third kappa shape index (κ3) is 4.08. The van der Waals surface area contributed by atoms with Crippen LogP contribution < -0.4 is 10.2 Å². The Labute approximate surface area is 132 Å². The van der Waals surface area contributed by atoms with Gasteiger partial charge in [0.05, 0.1) is 4.47 Å². The second-order valence-electron chi connectivity index (χ2n) is 4.36. The molecular formula is C14H16BrClN4. The molecule has 0 unspecified atom stereocenters.